The maximum absolute atomic E-state index is 12.7. The van der Waals surface area contributed by atoms with Crippen molar-refractivity contribution in [3.63, 3.8) is 0 Å². The van der Waals surface area contributed by atoms with E-state index in [0.717, 1.165) is 51.1 Å². The number of methoxy groups -OCH3 is 2. The smallest absolute Gasteiger partial charge is 0.193 e. The number of carbonyl (C=O) groups is 2. The van der Waals surface area contributed by atoms with Crippen molar-refractivity contribution >= 4 is 23.2 Å². The van der Waals surface area contributed by atoms with Gasteiger partial charge in [-0.3, -0.25) is 9.59 Å². The zero-order chi connectivity index (χ0) is 26.8. The lowest BCUT2D eigenvalue weighted by atomic mass is 9.80. The molecular weight excluding hydrogens is 496 g/mol. The molecule has 0 spiro atoms. The van der Waals surface area contributed by atoms with Gasteiger partial charge in [-0.2, -0.15) is 0 Å². The summed E-state index contributed by atoms with van der Waals surface area (Å²) in [6.07, 6.45) is 1.66. The van der Waals surface area contributed by atoms with Crippen LogP contribution in [0.3, 0.4) is 0 Å². The Hall–Kier alpha value is -3.87. The number of ether oxygens (including phenoxy) is 3. The van der Waals surface area contributed by atoms with Gasteiger partial charge in [0.05, 0.1) is 14.2 Å². The van der Waals surface area contributed by atoms with Crippen molar-refractivity contribution in [2.75, 3.05) is 20.8 Å². The molecule has 0 fully saturated rings. The monoisotopic (exact) mass is 526 g/mol. The maximum atomic E-state index is 12.7. The van der Waals surface area contributed by atoms with Gasteiger partial charge in [-0.15, -0.1) is 0 Å². The molecule has 0 aliphatic heterocycles. The molecule has 0 atom stereocenters. The Morgan fingerprint density at radius 2 is 1.34 bits per heavy atom. The molecule has 0 aliphatic rings. The van der Waals surface area contributed by atoms with Gasteiger partial charge in [0.25, 0.3) is 0 Å². The van der Waals surface area contributed by atoms with Crippen LogP contribution in [0.2, 0.25) is 0 Å². The Labute approximate surface area is 227 Å². The van der Waals surface area contributed by atoms with E-state index in [1.165, 1.54) is 0 Å². The Bertz CT molecular complexity index is 1290. The Balaban J connectivity index is 1.60. The second-order valence-corrected chi connectivity index (χ2v) is 9.75. The summed E-state index contributed by atoms with van der Waals surface area (Å²) in [5, 5.41) is 0.0239. The van der Waals surface area contributed by atoms with Gasteiger partial charge in [0.15, 0.2) is 5.12 Å². The van der Waals surface area contributed by atoms with Gasteiger partial charge < -0.3 is 14.2 Å². The molecule has 0 aromatic heterocycles. The van der Waals surface area contributed by atoms with Gasteiger partial charge in [-0.05, 0) is 59.5 Å². The maximum Gasteiger partial charge on any atom is 0.193 e. The molecule has 4 rings (SSSR count). The normalized spacial score (nSPS) is 11.1. The highest BCUT2D eigenvalue weighted by atomic mass is 32.2. The van der Waals surface area contributed by atoms with E-state index < -0.39 is 5.60 Å². The fraction of sp³-hybridized carbons (Fsp3) is 0.188. The van der Waals surface area contributed by atoms with Crippen LogP contribution in [0.4, 0.5) is 0 Å². The number of hydrogen-bond donors (Lipinski definition) is 0. The van der Waals surface area contributed by atoms with Crippen molar-refractivity contribution in [3.8, 4) is 11.5 Å². The van der Waals surface area contributed by atoms with E-state index in [1.54, 1.807) is 32.4 Å². The highest BCUT2D eigenvalue weighted by Gasteiger charge is 2.37. The van der Waals surface area contributed by atoms with E-state index in [9.17, 15) is 9.59 Å². The average Bonchev–Trinajstić information content (AvgIpc) is 2.98. The zero-order valence-corrected chi connectivity index (χ0v) is 22.3. The van der Waals surface area contributed by atoms with Gasteiger partial charge >= 0.3 is 0 Å². The second-order valence-electron chi connectivity index (χ2n) is 8.62. The number of rotatable bonds is 12. The molecule has 0 amide bonds. The topological polar surface area (TPSA) is 61.8 Å². The number of thioether (sulfide) groups is 1. The van der Waals surface area contributed by atoms with Crippen LogP contribution < -0.4 is 9.47 Å². The highest BCUT2D eigenvalue weighted by molar-refractivity contribution is 8.13. The first-order chi connectivity index (χ1) is 18.6. The predicted molar refractivity (Wildman–Crippen MR) is 150 cm³/mol. The number of carbonyl (C=O) groups excluding carboxylic acids is 2. The second kappa shape index (κ2) is 13.1. The lowest BCUT2D eigenvalue weighted by Gasteiger charge is -2.36. The number of hydrogen-bond acceptors (Lipinski definition) is 6. The summed E-state index contributed by atoms with van der Waals surface area (Å²) in [5.41, 5.74) is 2.51. The molecule has 0 aliphatic carbocycles. The lowest BCUT2D eigenvalue weighted by Crippen LogP contribution is -2.33. The van der Waals surface area contributed by atoms with Crippen molar-refractivity contribution < 1.29 is 23.8 Å². The molecule has 6 heteroatoms. The van der Waals surface area contributed by atoms with Crippen molar-refractivity contribution in [2.45, 2.75) is 23.3 Å². The van der Waals surface area contributed by atoms with Crippen LogP contribution in [0.15, 0.2) is 108 Å². The quantitative estimate of drug-likeness (QED) is 0.0864. The van der Waals surface area contributed by atoms with Crippen LogP contribution in [0, 0.1) is 0 Å². The number of aldehydes is 1. The minimum Gasteiger partial charge on any atom is -0.497 e. The van der Waals surface area contributed by atoms with E-state index in [0.29, 0.717) is 25.0 Å². The van der Waals surface area contributed by atoms with Crippen LogP contribution in [0.25, 0.3) is 0 Å². The van der Waals surface area contributed by atoms with Crippen LogP contribution in [0.1, 0.15) is 39.9 Å². The summed E-state index contributed by atoms with van der Waals surface area (Å²) >= 11 is 1.15. The summed E-state index contributed by atoms with van der Waals surface area (Å²) in [6, 6.07) is 32.9. The third-order valence-electron chi connectivity index (χ3n) is 6.24. The molecule has 194 valence electrons. The molecule has 0 bridgehead atoms. The lowest BCUT2D eigenvalue weighted by molar-refractivity contribution is -0.111. The van der Waals surface area contributed by atoms with Crippen LogP contribution >= 0.6 is 11.8 Å². The van der Waals surface area contributed by atoms with Gasteiger partial charge in [-0.1, -0.05) is 78.5 Å². The highest BCUT2D eigenvalue weighted by Crippen LogP contribution is 2.41. The molecule has 0 saturated carbocycles. The van der Waals surface area contributed by atoms with Crippen molar-refractivity contribution in [1.29, 1.82) is 0 Å². The molecule has 0 saturated heterocycles. The SMILES string of the molecule is COc1ccc(C(OCCCC(=O)Sc2cccc(C=O)c2)(c2ccccc2)c2ccc(OC)cc2)cc1. The molecule has 38 heavy (non-hydrogen) atoms. The molecule has 0 N–H and O–H groups in total. The molecule has 4 aromatic carbocycles. The first kappa shape index (κ1) is 27.2. The van der Waals surface area contributed by atoms with Gasteiger partial charge in [0.1, 0.15) is 23.4 Å². The average molecular weight is 527 g/mol. The van der Waals surface area contributed by atoms with Crippen LogP contribution in [0.5, 0.6) is 11.5 Å². The molecule has 0 radical (unpaired) electrons. The van der Waals surface area contributed by atoms with Gasteiger partial charge in [0.2, 0.25) is 0 Å². The van der Waals surface area contributed by atoms with Crippen LogP contribution in [-0.2, 0) is 15.1 Å². The minimum absolute atomic E-state index is 0.0239. The number of benzene rings is 4. The summed E-state index contributed by atoms with van der Waals surface area (Å²) in [7, 11) is 3.29. The molecule has 5 nitrogen and oxygen atoms in total. The Morgan fingerprint density at radius 3 is 1.89 bits per heavy atom. The third-order valence-corrected chi connectivity index (χ3v) is 7.16. The first-order valence-electron chi connectivity index (χ1n) is 12.3. The summed E-state index contributed by atoms with van der Waals surface area (Å²) in [4.78, 5) is 24.5. The predicted octanol–water partition coefficient (Wildman–Crippen LogP) is 6.92. The van der Waals surface area contributed by atoms with Crippen molar-refractivity contribution in [1.82, 2.24) is 0 Å². The van der Waals surface area contributed by atoms with Gasteiger partial charge in [0, 0.05) is 23.5 Å². The zero-order valence-electron chi connectivity index (χ0n) is 21.5. The van der Waals surface area contributed by atoms with E-state index in [-0.39, 0.29) is 5.12 Å². The summed E-state index contributed by atoms with van der Waals surface area (Å²) in [6.45, 7) is 0.355. The first-order valence-corrected chi connectivity index (χ1v) is 13.1. The van der Waals surface area contributed by atoms with Crippen molar-refractivity contribution in [2.24, 2.45) is 0 Å². The Morgan fingerprint density at radius 1 is 0.763 bits per heavy atom. The Kier molecular flexibility index (Phi) is 9.35. The van der Waals surface area contributed by atoms with E-state index in [2.05, 4.69) is 12.1 Å². The molecule has 4 aromatic rings. The van der Waals surface area contributed by atoms with Crippen LogP contribution in [-0.4, -0.2) is 32.2 Å². The van der Waals surface area contributed by atoms with E-state index in [1.807, 2.05) is 72.8 Å². The fourth-order valence-electron chi connectivity index (χ4n) is 4.35. The summed E-state index contributed by atoms with van der Waals surface area (Å²) in [5.74, 6) is 1.51. The fourth-order valence-corrected chi connectivity index (χ4v) is 5.20. The van der Waals surface area contributed by atoms with Gasteiger partial charge in [-0.25, -0.2) is 0 Å². The van der Waals surface area contributed by atoms with Crippen molar-refractivity contribution in [3.05, 3.63) is 125 Å². The van der Waals surface area contributed by atoms with E-state index >= 15 is 0 Å². The molecular formula is C32H30O5S. The standard InChI is InChI=1S/C32H30O5S/c1-35-28-17-13-26(14-18-28)32(25-9-4-3-5-10-25,27-15-19-29(36-2)20-16-27)37-21-7-12-31(34)38-30-11-6-8-24(22-30)23-33/h3-6,8-11,13-20,22-23H,7,12,21H2,1-2H3. The van der Waals surface area contributed by atoms with E-state index in [4.69, 9.17) is 14.2 Å². The molecule has 0 heterocycles. The minimum atomic E-state index is -0.908. The summed E-state index contributed by atoms with van der Waals surface area (Å²) < 4.78 is 17.6. The molecule has 0 unspecified atom stereocenters. The largest absolute Gasteiger partial charge is 0.497 e. The third kappa shape index (κ3) is 6.33.